The van der Waals surface area contributed by atoms with Gasteiger partial charge in [0.2, 0.25) is 11.8 Å². The first kappa shape index (κ1) is 21.8. The van der Waals surface area contributed by atoms with Gasteiger partial charge in [0.15, 0.2) is 0 Å². The lowest BCUT2D eigenvalue weighted by atomic mass is 10.2. The van der Waals surface area contributed by atoms with Crippen molar-refractivity contribution in [2.75, 3.05) is 51.4 Å². The molecule has 7 nitrogen and oxygen atoms in total. The maximum absolute atomic E-state index is 12.2. The van der Waals surface area contributed by atoms with E-state index in [0.29, 0.717) is 24.8 Å². The van der Waals surface area contributed by atoms with E-state index in [0.717, 1.165) is 50.6 Å². The average Bonchev–Trinajstić information content (AvgIpc) is 2.79. The molecular weight excluding hydrogens is 382 g/mol. The molecule has 0 bridgehead atoms. The highest BCUT2D eigenvalue weighted by Gasteiger charge is 2.10. The fourth-order valence-electron chi connectivity index (χ4n) is 2.95. The van der Waals surface area contributed by atoms with Gasteiger partial charge in [0, 0.05) is 37.3 Å². The number of hydrogen-bond acceptors (Lipinski definition) is 6. The van der Waals surface area contributed by atoms with Crippen LogP contribution in [0.4, 0.5) is 5.69 Å². The minimum absolute atomic E-state index is 0.233. The van der Waals surface area contributed by atoms with E-state index in [1.807, 2.05) is 24.3 Å². The Hall–Kier alpha value is -2.90. The number of ether oxygens (including phenoxy) is 3. The summed E-state index contributed by atoms with van der Waals surface area (Å²) in [4.78, 5) is 18.8. The fourth-order valence-corrected chi connectivity index (χ4v) is 2.95. The third kappa shape index (κ3) is 7.17. The molecule has 0 aliphatic carbocycles. The summed E-state index contributed by atoms with van der Waals surface area (Å²) in [7, 11) is 0. The number of carbonyl (C=O) groups excluding carboxylic acids is 1. The Bertz CT molecular complexity index is 817. The molecule has 0 unspecified atom stereocenters. The van der Waals surface area contributed by atoms with Gasteiger partial charge in [-0.05, 0) is 24.6 Å². The van der Waals surface area contributed by atoms with Gasteiger partial charge < -0.3 is 19.5 Å². The Kier molecular flexibility index (Phi) is 8.68. The summed E-state index contributed by atoms with van der Waals surface area (Å²) in [6.07, 6.45) is 5.75. The lowest BCUT2D eigenvalue weighted by molar-refractivity contribution is -0.111. The number of carbonyl (C=O) groups is 1. The van der Waals surface area contributed by atoms with E-state index in [1.54, 1.807) is 24.4 Å². The number of rotatable bonds is 10. The highest BCUT2D eigenvalue weighted by atomic mass is 16.5. The van der Waals surface area contributed by atoms with Gasteiger partial charge in [0.1, 0.15) is 12.4 Å². The largest absolute Gasteiger partial charge is 0.493 e. The van der Waals surface area contributed by atoms with Gasteiger partial charge in [0.25, 0.3) is 0 Å². The highest BCUT2D eigenvalue weighted by Crippen LogP contribution is 2.20. The van der Waals surface area contributed by atoms with Crippen molar-refractivity contribution in [3.63, 3.8) is 0 Å². The fraction of sp³-hybridized carbons (Fsp3) is 0.391. The van der Waals surface area contributed by atoms with Gasteiger partial charge in [-0.1, -0.05) is 25.1 Å². The summed E-state index contributed by atoms with van der Waals surface area (Å²) in [6, 6.07) is 11.2. The van der Waals surface area contributed by atoms with Gasteiger partial charge in [-0.3, -0.25) is 9.69 Å². The maximum Gasteiger partial charge on any atom is 0.248 e. The van der Waals surface area contributed by atoms with Crippen LogP contribution in [0.5, 0.6) is 11.6 Å². The van der Waals surface area contributed by atoms with E-state index in [1.165, 1.54) is 6.08 Å². The number of benzene rings is 1. The molecule has 1 aromatic carbocycles. The van der Waals surface area contributed by atoms with Crippen molar-refractivity contribution in [1.82, 2.24) is 9.88 Å². The summed E-state index contributed by atoms with van der Waals surface area (Å²) in [6.45, 7) is 7.54. The van der Waals surface area contributed by atoms with Crippen molar-refractivity contribution in [1.29, 1.82) is 0 Å². The Morgan fingerprint density at radius 3 is 2.77 bits per heavy atom. The van der Waals surface area contributed by atoms with Crippen molar-refractivity contribution < 1.29 is 19.0 Å². The zero-order chi connectivity index (χ0) is 21.0. The molecule has 2 heterocycles. The molecule has 7 heteroatoms. The highest BCUT2D eigenvalue weighted by molar-refractivity contribution is 6.02. The van der Waals surface area contributed by atoms with E-state index >= 15 is 0 Å². The van der Waals surface area contributed by atoms with Crippen LogP contribution in [-0.2, 0) is 9.53 Å². The van der Waals surface area contributed by atoms with Crippen LogP contribution in [-0.4, -0.2) is 61.9 Å². The Balaban J connectivity index is 1.45. The second-order valence-corrected chi connectivity index (χ2v) is 6.90. The predicted octanol–water partition coefficient (Wildman–Crippen LogP) is 3.23. The molecule has 0 atom stereocenters. The number of para-hydroxylation sites is 1. The van der Waals surface area contributed by atoms with Crippen molar-refractivity contribution in [2.24, 2.45) is 0 Å². The second kappa shape index (κ2) is 11.9. The molecule has 0 saturated carbocycles. The van der Waals surface area contributed by atoms with Gasteiger partial charge in [-0.25, -0.2) is 4.98 Å². The Labute approximate surface area is 177 Å². The molecule has 3 rings (SSSR count). The number of morpholine rings is 1. The predicted molar refractivity (Wildman–Crippen MR) is 117 cm³/mol. The van der Waals surface area contributed by atoms with Crippen LogP contribution in [0.15, 0.2) is 48.7 Å². The minimum Gasteiger partial charge on any atom is -0.493 e. The standard InChI is InChI=1S/C23H29N3O4/c1-2-14-29-21-6-4-3-5-19(21)7-9-22(27)25-20-8-10-23(24-18-20)30-17-13-26-11-15-28-16-12-26/h3-10,18H,2,11-17H2,1H3,(H,25,27)/b9-7+. The first-order valence-corrected chi connectivity index (χ1v) is 10.3. The minimum atomic E-state index is -0.233. The van der Waals surface area contributed by atoms with Crippen molar-refractivity contribution in [3.05, 3.63) is 54.2 Å². The molecule has 0 radical (unpaired) electrons. The van der Waals surface area contributed by atoms with Gasteiger partial charge in [-0.15, -0.1) is 0 Å². The normalized spacial score (nSPS) is 14.6. The molecule has 1 aliphatic heterocycles. The summed E-state index contributed by atoms with van der Waals surface area (Å²) >= 11 is 0. The number of aromatic nitrogens is 1. The Morgan fingerprint density at radius 2 is 2.00 bits per heavy atom. The molecule has 1 fully saturated rings. The summed E-state index contributed by atoms with van der Waals surface area (Å²) in [5, 5.41) is 2.80. The number of hydrogen-bond donors (Lipinski definition) is 1. The zero-order valence-corrected chi connectivity index (χ0v) is 17.4. The van der Waals surface area contributed by atoms with E-state index in [9.17, 15) is 4.79 Å². The zero-order valence-electron chi connectivity index (χ0n) is 17.4. The third-order valence-electron chi connectivity index (χ3n) is 4.56. The first-order valence-electron chi connectivity index (χ1n) is 10.3. The molecule has 1 saturated heterocycles. The van der Waals surface area contributed by atoms with Crippen LogP contribution < -0.4 is 14.8 Å². The van der Waals surface area contributed by atoms with Crippen LogP contribution >= 0.6 is 0 Å². The van der Waals surface area contributed by atoms with E-state index in [4.69, 9.17) is 14.2 Å². The summed E-state index contributed by atoms with van der Waals surface area (Å²) in [5.41, 5.74) is 1.48. The van der Waals surface area contributed by atoms with Crippen molar-refractivity contribution in [3.8, 4) is 11.6 Å². The molecule has 0 spiro atoms. The van der Waals surface area contributed by atoms with Crippen LogP contribution in [0.3, 0.4) is 0 Å². The van der Waals surface area contributed by atoms with E-state index in [2.05, 4.69) is 22.1 Å². The SMILES string of the molecule is CCCOc1ccccc1/C=C/C(=O)Nc1ccc(OCCN2CCOCC2)nc1. The third-order valence-corrected chi connectivity index (χ3v) is 4.56. The monoisotopic (exact) mass is 411 g/mol. The molecule has 1 N–H and O–H groups in total. The first-order chi connectivity index (χ1) is 14.7. The molecule has 2 aromatic rings. The summed E-state index contributed by atoms with van der Waals surface area (Å²) < 4.78 is 16.7. The number of amides is 1. The van der Waals surface area contributed by atoms with Crippen molar-refractivity contribution >= 4 is 17.7 Å². The van der Waals surface area contributed by atoms with Crippen LogP contribution in [0, 0.1) is 0 Å². The molecule has 1 amide bonds. The average molecular weight is 412 g/mol. The van der Waals surface area contributed by atoms with Crippen LogP contribution in [0.2, 0.25) is 0 Å². The van der Waals surface area contributed by atoms with Gasteiger partial charge >= 0.3 is 0 Å². The van der Waals surface area contributed by atoms with E-state index < -0.39 is 0 Å². The smallest absolute Gasteiger partial charge is 0.248 e. The van der Waals surface area contributed by atoms with Gasteiger partial charge in [-0.2, -0.15) is 0 Å². The van der Waals surface area contributed by atoms with Crippen molar-refractivity contribution in [2.45, 2.75) is 13.3 Å². The molecule has 1 aliphatic rings. The number of nitrogens with zero attached hydrogens (tertiary/aromatic N) is 2. The van der Waals surface area contributed by atoms with Crippen LogP contribution in [0.25, 0.3) is 6.08 Å². The van der Waals surface area contributed by atoms with Crippen LogP contribution in [0.1, 0.15) is 18.9 Å². The molecular formula is C23H29N3O4. The number of nitrogens with one attached hydrogen (secondary N) is 1. The topological polar surface area (TPSA) is 72.9 Å². The molecule has 1 aromatic heterocycles. The number of pyridine rings is 1. The molecule has 30 heavy (non-hydrogen) atoms. The Morgan fingerprint density at radius 1 is 1.17 bits per heavy atom. The lowest BCUT2D eigenvalue weighted by Crippen LogP contribution is -2.38. The van der Waals surface area contributed by atoms with Gasteiger partial charge in [0.05, 0.1) is 31.7 Å². The quantitative estimate of drug-likeness (QED) is 0.605. The lowest BCUT2D eigenvalue weighted by Gasteiger charge is -2.26. The molecule has 160 valence electrons. The maximum atomic E-state index is 12.2. The van der Waals surface area contributed by atoms with E-state index in [-0.39, 0.29) is 5.91 Å². The second-order valence-electron chi connectivity index (χ2n) is 6.90. The number of anilines is 1. The summed E-state index contributed by atoms with van der Waals surface area (Å²) in [5.74, 6) is 1.07.